The molecule has 21 heavy (non-hydrogen) atoms. The van der Waals surface area contributed by atoms with Gasteiger partial charge in [0.2, 0.25) is 0 Å². The second-order valence-corrected chi connectivity index (χ2v) is 6.82. The zero-order valence-electron chi connectivity index (χ0n) is 13.4. The van der Waals surface area contributed by atoms with Crippen LogP contribution in [0.2, 0.25) is 0 Å². The third kappa shape index (κ3) is 3.80. The van der Waals surface area contributed by atoms with E-state index in [9.17, 15) is 8.78 Å². The van der Waals surface area contributed by atoms with Crippen molar-refractivity contribution in [2.45, 2.75) is 52.2 Å². The van der Waals surface area contributed by atoms with Gasteiger partial charge in [0, 0.05) is 36.8 Å². The number of piperazine rings is 1. The molecule has 1 aromatic carbocycles. The number of rotatable bonds is 4. The molecule has 0 radical (unpaired) electrons. The van der Waals surface area contributed by atoms with E-state index in [0.29, 0.717) is 18.5 Å². The van der Waals surface area contributed by atoms with Gasteiger partial charge in [-0.05, 0) is 31.9 Å². The molecule has 2 nitrogen and oxygen atoms in total. The van der Waals surface area contributed by atoms with Crippen molar-refractivity contribution in [1.29, 1.82) is 0 Å². The predicted molar refractivity (Wildman–Crippen MR) is 82.1 cm³/mol. The lowest BCUT2D eigenvalue weighted by atomic mass is 9.90. The lowest BCUT2D eigenvalue weighted by Crippen LogP contribution is -2.62. The summed E-state index contributed by atoms with van der Waals surface area (Å²) < 4.78 is 27.9. The first-order valence-corrected chi connectivity index (χ1v) is 7.76. The van der Waals surface area contributed by atoms with E-state index in [2.05, 4.69) is 37.9 Å². The fourth-order valence-corrected chi connectivity index (χ4v) is 3.08. The maximum atomic E-state index is 13.9. The van der Waals surface area contributed by atoms with Gasteiger partial charge in [0.05, 0.1) is 0 Å². The molecule has 1 heterocycles. The van der Waals surface area contributed by atoms with E-state index in [0.717, 1.165) is 19.5 Å². The average Bonchev–Trinajstić information content (AvgIpc) is 2.41. The van der Waals surface area contributed by atoms with Crippen molar-refractivity contribution in [1.82, 2.24) is 10.2 Å². The molecule has 2 rings (SSSR count). The number of benzene rings is 1. The highest BCUT2D eigenvalue weighted by Crippen LogP contribution is 2.25. The summed E-state index contributed by atoms with van der Waals surface area (Å²) in [5.41, 5.74) is 0.148. The third-order valence-corrected chi connectivity index (χ3v) is 4.58. The summed E-state index contributed by atoms with van der Waals surface area (Å²) in [4.78, 5) is 2.23. The minimum absolute atomic E-state index is 0.0360. The Morgan fingerprint density at radius 3 is 2.52 bits per heavy atom. The summed E-state index contributed by atoms with van der Waals surface area (Å²) in [5, 5.41) is 3.54. The zero-order valence-corrected chi connectivity index (χ0v) is 13.4. The smallest absolute Gasteiger partial charge is 0.130 e. The molecule has 2 atom stereocenters. The van der Waals surface area contributed by atoms with Gasteiger partial charge in [-0.25, -0.2) is 8.78 Å². The van der Waals surface area contributed by atoms with Crippen molar-refractivity contribution in [2.24, 2.45) is 5.92 Å². The lowest BCUT2D eigenvalue weighted by molar-refractivity contribution is 0.0553. The summed E-state index contributed by atoms with van der Waals surface area (Å²) in [6.45, 7) is 10.6. The minimum atomic E-state index is -0.450. The fourth-order valence-electron chi connectivity index (χ4n) is 3.08. The first kappa shape index (κ1) is 16.4. The maximum absolute atomic E-state index is 13.9. The van der Waals surface area contributed by atoms with Gasteiger partial charge < -0.3 is 5.32 Å². The summed E-state index contributed by atoms with van der Waals surface area (Å²) >= 11 is 0. The monoisotopic (exact) mass is 296 g/mol. The average molecular weight is 296 g/mol. The zero-order chi connectivity index (χ0) is 15.6. The quantitative estimate of drug-likeness (QED) is 0.914. The second kappa shape index (κ2) is 6.41. The first-order chi connectivity index (χ1) is 9.84. The number of hydrogen-bond acceptors (Lipinski definition) is 2. The molecule has 0 aromatic heterocycles. The molecule has 1 N–H and O–H groups in total. The van der Waals surface area contributed by atoms with Gasteiger partial charge >= 0.3 is 0 Å². The molecule has 0 amide bonds. The lowest BCUT2D eigenvalue weighted by Gasteiger charge is -2.46. The highest BCUT2D eigenvalue weighted by molar-refractivity contribution is 5.20. The van der Waals surface area contributed by atoms with Crippen LogP contribution in [0.25, 0.3) is 0 Å². The van der Waals surface area contributed by atoms with Crippen LogP contribution in [0.5, 0.6) is 0 Å². The molecule has 0 spiro atoms. The van der Waals surface area contributed by atoms with Crippen LogP contribution in [0, 0.1) is 17.6 Å². The molecule has 4 heteroatoms. The molecule has 1 saturated heterocycles. The standard InChI is InChI=1S/C17H26F2N2/c1-5-12(2)16-9-20-17(3,4)11-21(16)10-13-14(18)7-6-8-15(13)19/h6-8,12,16,20H,5,9-11H2,1-4H3. The van der Waals surface area contributed by atoms with Gasteiger partial charge in [-0.2, -0.15) is 0 Å². The molecule has 1 aliphatic rings. The largest absolute Gasteiger partial charge is 0.309 e. The number of nitrogens with one attached hydrogen (secondary N) is 1. The summed E-state index contributed by atoms with van der Waals surface area (Å²) in [6.07, 6.45) is 1.06. The summed E-state index contributed by atoms with van der Waals surface area (Å²) in [6, 6.07) is 4.40. The van der Waals surface area contributed by atoms with Crippen molar-refractivity contribution in [3.63, 3.8) is 0 Å². The van der Waals surface area contributed by atoms with Gasteiger partial charge in [-0.3, -0.25) is 4.90 Å². The van der Waals surface area contributed by atoms with Crippen molar-refractivity contribution < 1.29 is 8.78 Å². The highest BCUT2D eigenvalue weighted by atomic mass is 19.1. The van der Waals surface area contributed by atoms with Crippen LogP contribution < -0.4 is 5.32 Å². The van der Waals surface area contributed by atoms with Gasteiger partial charge in [0.25, 0.3) is 0 Å². The van der Waals surface area contributed by atoms with Crippen LogP contribution in [-0.4, -0.2) is 29.6 Å². The normalized spacial score (nSPS) is 24.0. The molecule has 0 aliphatic carbocycles. The topological polar surface area (TPSA) is 15.3 Å². The molecule has 0 saturated carbocycles. The SMILES string of the molecule is CCC(C)C1CNC(C)(C)CN1Cc1c(F)cccc1F. The van der Waals surface area contributed by atoms with E-state index in [4.69, 9.17) is 0 Å². The number of nitrogens with zero attached hydrogens (tertiary/aromatic N) is 1. The van der Waals surface area contributed by atoms with Gasteiger partial charge in [-0.15, -0.1) is 0 Å². The summed E-state index contributed by atoms with van der Waals surface area (Å²) in [7, 11) is 0. The molecule has 2 unspecified atom stereocenters. The van der Waals surface area contributed by atoms with E-state index < -0.39 is 11.6 Å². The van der Waals surface area contributed by atoms with Crippen molar-refractivity contribution in [3.8, 4) is 0 Å². The Kier molecular flexibility index (Phi) is 4.99. The first-order valence-electron chi connectivity index (χ1n) is 7.76. The Hall–Kier alpha value is -1.00. The molecule has 0 bridgehead atoms. The molecule has 118 valence electrons. The number of halogens is 2. The van der Waals surface area contributed by atoms with Gasteiger partial charge in [-0.1, -0.05) is 26.3 Å². The Morgan fingerprint density at radius 2 is 1.95 bits per heavy atom. The van der Waals surface area contributed by atoms with E-state index in [-0.39, 0.29) is 11.1 Å². The number of hydrogen-bond donors (Lipinski definition) is 1. The predicted octanol–water partition coefficient (Wildman–Crippen LogP) is 3.56. The van der Waals surface area contributed by atoms with Crippen molar-refractivity contribution >= 4 is 0 Å². The molecule has 1 aliphatic heterocycles. The van der Waals surface area contributed by atoms with Crippen LogP contribution in [0.4, 0.5) is 8.78 Å². The van der Waals surface area contributed by atoms with Crippen molar-refractivity contribution in [3.05, 3.63) is 35.4 Å². The molecule has 1 aromatic rings. The van der Waals surface area contributed by atoms with Gasteiger partial charge in [0.1, 0.15) is 11.6 Å². The summed E-state index contributed by atoms with van der Waals surface area (Å²) in [5.74, 6) is -0.410. The molecular weight excluding hydrogens is 270 g/mol. The van der Waals surface area contributed by atoms with Crippen LogP contribution in [0.15, 0.2) is 18.2 Å². The third-order valence-electron chi connectivity index (χ3n) is 4.58. The van der Waals surface area contributed by atoms with Crippen LogP contribution in [-0.2, 0) is 6.54 Å². The van der Waals surface area contributed by atoms with E-state index in [1.165, 1.54) is 18.2 Å². The Labute approximate surface area is 126 Å². The van der Waals surface area contributed by atoms with E-state index >= 15 is 0 Å². The van der Waals surface area contributed by atoms with Crippen LogP contribution in [0.1, 0.15) is 39.7 Å². The van der Waals surface area contributed by atoms with Crippen LogP contribution >= 0.6 is 0 Å². The van der Waals surface area contributed by atoms with Crippen LogP contribution in [0.3, 0.4) is 0 Å². The minimum Gasteiger partial charge on any atom is -0.309 e. The Balaban J connectivity index is 2.24. The molecular formula is C17H26F2N2. The Bertz CT molecular complexity index is 467. The van der Waals surface area contributed by atoms with Crippen molar-refractivity contribution in [2.75, 3.05) is 13.1 Å². The second-order valence-electron chi connectivity index (χ2n) is 6.82. The Morgan fingerprint density at radius 1 is 1.33 bits per heavy atom. The van der Waals surface area contributed by atoms with Gasteiger partial charge in [0.15, 0.2) is 0 Å². The van der Waals surface area contributed by atoms with E-state index in [1.807, 2.05) is 0 Å². The fraction of sp³-hybridized carbons (Fsp3) is 0.647. The highest BCUT2D eigenvalue weighted by Gasteiger charge is 2.35. The maximum Gasteiger partial charge on any atom is 0.130 e. The molecule has 1 fully saturated rings. The van der Waals surface area contributed by atoms with E-state index in [1.54, 1.807) is 0 Å².